The normalized spacial score (nSPS) is 11.1. The predicted molar refractivity (Wildman–Crippen MR) is 78.3 cm³/mol. The monoisotopic (exact) mass is 265 g/mol. The molecular weight excluding hydrogens is 240 g/mol. The van der Waals surface area contributed by atoms with E-state index in [1.807, 2.05) is 0 Å². The van der Waals surface area contributed by atoms with Crippen molar-refractivity contribution in [3.05, 3.63) is 29.8 Å². The van der Waals surface area contributed by atoms with Gasteiger partial charge in [0.2, 0.25) is 0 Å². The minimum absolute atomic E-state index is 0.790. The first-order valence-corrected chi connectivity index (χ1v) is 8.35. The summed E-state index contributed by atoms with van der Waals surface area (Å²) in [6.07, 6.45) is 4.35. The Balaban J connectivity index is 2.81. The molecule has 0 aliphatic carbocycles. The van der Waals surface area contributed by atoms with Crippen LogP contribution in [0, 0.1) is 0 Å². The molecule has 0 unspecified atom stereocenters. The summed E-state index contributed by atoms with van der Waals surface area (Å²) in [5, 5.41) is 1.30. The SMILES string of the molecule is CCCO[Si](OCCC)c1ccccc1CCC. The molecule has 0 heterocycles. The lowest BCUT2D eigenvalue weighted by Gasteiger charge is -2.17. The van der Waals surface area contributed by atoms with Crippen molar-refractivity contribution in [3.8, 4) is 0 Å². The minimum atomic E-state index is -1.30. The Bertz CT molecular complexity index is 320. The van der Waals surface area contributed by atoms with Gasteiger partial charge in [0.1, 0.15) is 0 Å². The number of benzene rings is 1. The van der Waals surface area contributed by atoms with Crippen molar-refractivity contribution in [1.82, 2.24) is 0 Å². The predicted octanol–water partition coefficient (Wildman–Crippen LogP) is 3.19. The fourth-order valence-corrected chi connectivity index (χ4v) is 3.67. The highest BCUT2D eigenvalue weighted by Crippen LogP contribution is 2.05. The van der Waals surface area contributed by atoms with Crippen LogP contribution in [0.1, 0.15) is 45.6 Å². The van der Waals surface area contributed by atoms with Crippen LogP contribution >= 0.6 is 0 Å². The third-order valence-electron chi connectivity index (χ3n) is 2.63. The molecule has 0 spiro atoms. The molecule has 2 nitrogen and oxygen atoms in total. The zero-order valence-electron chi connectivity index (χ0n) is 11.9. The summed E-state index contributed by atoms with van der Waals surface area (Å²) < 4.78 is 11.9. The summed E-state index contributed by atoms with van der Waals surface area (Å²) in [7, 11) is -1.30. The maximum Gasteiger partial charge on any atom is 0.423 e. The van der Waals surface area contributed by atoms with E-state index in [4.69, 9.17) is 8.85 Å². The van der Waals surface area contributed by atoms with Gasteiger partial charge in [0.15, 0.2) is 0 Å². The molecule has 0 fully saturated rings. The smallest absolute Gasteiger partial charge is 0.390 e. The van der Waals surface area contributed by atoms with Gasteiger partial charge >= 0.3 is 9.28 Å². The van der Waals surface area contributed by atoms with Crippen LogP contribution in [0.2, 0.25) is 0 Å². The summed E-state index contributed by atoms with van der Waals surface area (Å²) in [5.74, 6) is 0. The molecule has 0 aromatic heterocycles. The Morgan fingerprint density at radius 3 is 2.06 bits per heavy atom. The minimum Gasteiger partial charge on any atom is -0.390 e. The second kappa shape index (κ2) is 9.31. The largest absolute Gasteiger partial charge is 0.423 e. The average Bonchev–Trinajstić information content (AvgIpc) is 2.40. The zero-order valence-corrected chi connectivity index (χ0v) is 12.9. The van der Waals surface area contributed by atoms with Gasteiger partial charge in [-0.25, -0.2) is 0 Å². The molecule has 0 bridgehead atoms. The third kappa shape index (κ3) is 4.92. The average molecular weight is 265 g/mol. The van der Waals surface area contributed by atoms with E-state index in [1.165, 1.54) is 10.8 Å². The maximum atomic E-state index is 5.95. The van der Waals surface area contributed by atoms with Crippen LogP contribution in [0.5, 0.6) is 0 Å². The number of hydrogen-bond acceptors (Lipinski definition) is 2. The quantitative estimate of drug-likeness (QED) is 0.638. The Labute approximate surface area is 113 Å². The van der Waals surface area contributed by atoms with Crippen LogP contribution in [-0.4, -0.2) is 22.5 Å². The summed E-state index contributed by atoms with van der Waals surface area (Å²) in [6, 6.07) is 8.57. The first kappa shape index (κ1) is 15.4. The molecule has 1 rings (SSSR count). The van der Waals surface area contributed by atoms with Crippen molar-refractivity contribution in [2.45, 2.75) is 46.5 Å². The third-order valence-corrected chi connectivity index (χ3v) is 4.49. The number of aryl methyl sites for hydroxylation is 1. The van der Waals surface area contributed by atoms with E-state index >= 15 is 0 Å². The van der Waals surface area contributed by atoms with Crippen molar-refractivity contribution in [2.75, 3.05) is 13.2 Å². The van der Waals surface area contributed by atoms with Crippen LogP contribution < -0.4 is 5.19 Å². The lowest BCUT2D eigenvalue weighted by atomic mass is 10.1. The topological polar surface area (TPSA) is 18.5 Å². The first-order chi connectivity index (χ1) is 8.83. The second-order valence-electron chi connectivity index (χ2n) is 4.39. The molecule has 0 atom stereocenters. The van der Waals surface area contributed by atoms with Crippen molar-refractivity contribution in [3.63, 3.8) is 0 Å². The fraction of sp³-hybridized carbons (Fsp3) is 0.600. The standard InChI is InChI=1S/C15H25O2Si/c1-4-9-14-10-7-8-11-15(14)18(16-12-5-2)17-13-6-3/h7-8,10-11H,4-6,9,12-13H2,1-3H3. The van der Waals surface area contributed by atoms with Crippen LogP contribution in [-0.2, 0) is 15.3 Å². The molecule has 0 saturated carbocycles. The fourth-order valence-electron chi connectivity index (χ4n) is 1.79. The van der Waals surface area contributed by atoms with Crippen LogP contribution in [0.25, 0.3) is 0 Å². The summed E-state index contributed by atoms with van der Waals surface area (Å²) in [4.78, 5) is 0. The van der Waals surface area contributed by atoms with E-state index in [9.17, 15) is 0 Å². The van der Waals surface area contributed by atoms with Crippen molar-refractivity contribution < 1.29 is 8.85 Å². The zero-order chi connectivity index (χ0) is 13.2. The molecule has 3 heteroatoms. The molecule has 0 saturated heterocycles. The van der Waals surface area contributed by atoms with Gasteiger partial charge in [-0.2, -0.15) is 0 Å². The molecule has 101 valence electrons. The van der Waals surface area contributed by atoms with Crippen molar-refractivity contribution in [2.24, 2.45) is 0 Å². The second-order valence-corrected chi connectivity index (χ2v) is 6.08. The molecule has 1 aromatic rings. The van der Waals surface area contributed by atoms with Crippen molar-refractivity contribution >= 4 is 14.5 Å². The number of hydrogen-bond donors (Lipinski definition) is 0. The molecule has 0 aliphatic heterocycles. The van der Waals surface area contributed by atoms with E-state index in [-0.39, 0.29) is 0 Å². The lowest BCUT2D eigenvalue weighted by Crippen LogP contribution is -2.39. The van der Waals surface area contributed by atoms with Crippen LogP contribution in [0.15, 0.2) is 24.3 Å². The first-order valence-electron chi connectivity index (χ1n) is 7.04. The van der Waals surface area contributed by atoms with E-state index in [1.54, 1.807) is 0 Å². The van der Waals surface area contributed by atoms with E-state index in [0.29, 0.717) is 0 Å². The highest BCUT2D eigenvalue weighted by Gasteiger charge is 2.21. The molecule has 18 heavy (non-hydrogen) atoms. The Morgan fingerprint density at radius 1 is 0.889 bits per heavy atom. The maximum absolute atomic E-state index is 5.95. The summed E-state index contributed by atoms with van der Waals surface area (Å²) in [5.41, 5.74) is 1.39. The van der Waals surface area contributed by atoms with E-state index in [0.717, 1.165) is 38.9 Å². The molecule has 1 radical (unpaired) electrons. The Hall–Kier alpha value is -0.643. The van der Waals surface area contributed by atoms with Gasteiger partial charge in [0.25, 0.3) is 0 Å². The molecule has 0 amide bonds. The molecule has 0 aliphatic rings. The highest BCUT2D eigenvalue weighted by atomic mass is 28.3. The summed E-state index contributed by atoms with van der Waals surface area (Å²) in [6.45, 7) is 8.06. The van der Waals surface area contributed by atoms with E-state index < -0.39 is 9.28 Å². The van der Waals surface area contributed by atoms with Crippen LogP contribution in [0.4, 0.5) is 0 Å². The van der Waals surface area contributed by atoms with Gasteiger partial charge in [-0.1, -0.05) is 51.5 Å². The van der Waals surface area contributed by atoms with Gasteiger partial charge in [-0.3, -0.25) is 0 Å². The van der Waals surface area contributed by atoms with E-state index in [2.05, 4.69) is 45.0 Å². The van der Waals surface area contributed by atoms with Gasteiger partial charge in [0.05, 0.1) is 0 Å². The van der Waals surface area contributed by atoms with Gasteiger partial charge in [-0.05, 0) is 30.0 Å². The summed E-state index contributed by atoms with van der Waals surface area (Å²) >= 11 is 0. The van der Waals surface area contributed by atoms with Gasteiger partial charge in [0, 0.05) is 13.2 Å². The molecule has 0 N–H and O–H groups in total. The molecular formula is C15H25O2Si. The van der Waals surface area contributed by atoms with Gasteiger partial charge < -0.3 is 8.85 Å². The van der Waals surface area contributed by atoms with Crippen LogP contribution in [0.3, 0.4) is 0 Å². The number of rotatable bonds is 9. The Morgan fingerprint density at radius 2 is 1.50 bits per heavy atom. The van der Waals surface area contributed by atoms with Gasteiger partial charge in [-0.15, -0.1) is 0 Å². The lowest BCUT2D eigenvalue weighted by molar-refractivity contribution is 0.207. The molecule has 1 aromatic carbocycles. The Kier molecular flexibility index (Phi) is 7.97. The highest BCUT2D eigenvalue weighted by molar-refractivity contribution is 6.61. The van der Waals surface area contributed by atoms with Crippen molar-refractivity contribution in [1.29, 1.82) is 0 Å².